The van der Waals surface area contributed by atoms with Crippen molar-refractivity contribution in [3.8, 4) is 5.75 Å². The fraction of sp³-hybridized carbons (Fsp3) is 0.600. The van der Waals surface area contributed by atoms with Crippen molar-refractivity contribution in [1.29, 1.82) is 0 Å². The Morgan fingerprint density at radius 3 is 3.00 bits per heavy atom. The average molecular weight is 248 g/mol. The summed E-state index contributed by atoms with van der Waals surface area (Å²) in [6, 6.07) is 9.62. The van der Waals surface area contributed by atoms with Crippen LogP contribution < -0.4 is 10.1 Å². The minimum absolute atomic E-state index is 0.603. The van der Waals surface area contributed by atoms with E-state index < -0.39 is 0 Å². The molecule has 0 amide bonds. The van der Waals surface area contributed by atoms with Crippen molar-refractivity contribution in [2.45, 2.75) is 32.4 Å². The third-order valence-corrected chi connectivity index (χ3v) is 3.72. The molecular weight excluding hydrogens is 224 g/mol. The SMILES string of the molecule is COc1cccc(CCN2CC(C)NCC2C)c1. The molecule has 1 aromatic carbocycles. The van der Waals surface area contributed by atoms with Crippen LogP contribution in [0.3, 0.4) is 0 Å². The molecule has 18 heavy (non-hydrogen) atoms. The maximum Gasteiger partial charge on any atom is 0.119 e. The lowest BCUT2D eigenvalue weighted by molar-refractivity contribution is 0.148. The second-order valence-electron chi connectivity index (χ2n) is 5.25. The topological polar surface area (TPSA) is 24.5 Å². The molecule has 0 radical (unpaired) electrons. The van der Waals surface area contributed by atoms with Gasteiger partial charge in [-0.3, -0.25) is 4.90 Å². The van der Waals surface area contributed by atoms with Crippen molar-refractivity contribution in [1.82, 2.24) is 10.2 Å². The molecule has 0 bridgehead atoms. The Bertz CT molecular complexity index is 381. The number of piperazine rings is 1. The van der Waals surface area contributed by atoms with Gasteiger partial charge in [0.25, 0.3) is 0 Å². The highest BCUT2D eigenvalue weighted by Gasteiger charge is 2.21. The van der Waals surface area contributed by atoms with Crippen molar-refractivity contribution < 1.29 is 4.74 Å². The van der Waals surface area contributed by atoms with Crippen molar-refractivity contribution in [3.63, 3.8) is 0 Å². The Morgan fingerprint density at radius 2 is 2.22 bits per heavy atom. The third-order valence-electron chi connectivity index (χ3n) is 3.72. The summed E-state index contributed by atoms with van der Waals surface area (Å²) in [4.78, 5) is 2.57. The smallest absolute Gasteiger partial charge is 0.119 e. The van der Waals surface area contributed by atoms with Crippen LogP contribution in [0.25, 0.3) is 0 Å². The van der Waals surface area contributed by atoms with Gasteiger partial charge in [0.15, 0.2) is 0 Å². The van der Waals surface area contributed by atoms with Crippen LogP contribution in [0, 0.1) is 0 Å². The molecule has 1 heterocycles. The number of ether oxygens (including phenoxy) is 1. The molecule has 0 saturated carbocycles. The zero-order valence-electron chi connectivity index (χ0n) is 11.6. The van der Waals surface area contributed by atoms with Crippen molar-refractivity contribution in [2.75, 3.05) is 26.7 Å². The maximum absolute atomic E-state index is 5.26. The second-order valence-corrected chi connectivity index (χ2v) is 5.25. The predicted octanol–water partition coefficient (Wildman–Crippen LogP) is 1.92. The second kappa shape index (κ2) is 6.21. The minimum atomic E-state index is 0.603. The molecule has 1 aliphatic rings. The van der Waals surface area contributed by atoms with Gasteiger partial charge < -0.3 is 10.1 Å². The van der Waals surface area contributed by atoms with E-state index in [1.165, 1.54) is 5.56 Å². The van der Waals surface area contributed by atoms with E-state index in [0.717, 1.165) is 31.8 Å². The molecule has 1 N–H and O–H groups in total. The molecule has 1 aromatic rings. The summed E-state index contributed by atoms with van der Waals surface area (Å²) in [5.41, 5.74) is 1.35. The van der Waals surface area contributed by atoms with Gasteiger partial charge in [-0.05, 0) is 38.0 Å². The van der Waals surface area contributed by atoms with E-state index in [-0.39, 0.29) is 0 Å². The number of nitrogens with one attached hydrogen (secondary N) is 1. The highest BCUT2D eigenvalue weighted by molar-refractivity contribution is 5.28. The lowest BCUT2D eigenvalue weighted by atomic mass is 10.1. The summed E-state index contributed by atoms with van der Waals surface area (Å²) >= 11 is 0. The summed E-state index contributed by atoms with van der Waals surface area (Å²) in [7, 11) is 1.72. The van der Waals surface area contributed by atoms with Crippen LogP contribution in [0.2, 0.25) is 0 Å². The van der Waals surface area contributed by atoms with Gasteiger partial charge in [0.1, 0.15) is 5.75 Å². The molecule has 2 atom stereocenters. The minimum Gasteiger partial charge on any atom is -0.497 e. The lowest BCUT2D eigenvalue weighted by Crippen LogP contribution is -2.54. The van der Waals surface area contributed by atoms with Gasteiger partial charge in [-0.1, -0.05) is 12.1 Å². The van der Waals surface area contributed by atoms with E-state index in [1.807, 2.05) is 6.07 Å². The summed E-state index contributed by atoms with van der Waals surface area (Å²) in [6.45, 7) is 7.92. The zero-order chi connectivity index (χ0) is 13.0. The Labute approximate surface area is 110 Å². The average Bonchev–Trinajstić information content (AvgIpc) is 2.40. The van der Waals surface area contributed by atoms with Crippen LogP contribution in [0.4, 0.5) is 0 Å². The normalized spacial score (nSPS) is 25.1. The summed E-state index contributed by atoms with van der Waals surface area (Å²) < 4.78 is 5.26. The fourth-order valence-corrected chi connectivity index (χ4v) is 2.51. The summed E-state index contributed by atoms with van der Waals surface area (Å²) in [6.07, 6.45) is 1.09. The van der Waals surface area contributed by atoms with Crippen LogP contribution in [0.1, 0.15) is 19.4 Å². The Kier molecular flexibility index (Phi) is 4.61. The first-order valence-corrected chi connectivity index (χ1v) is 6.79. The van der Waals surface area contributed by atoms with Crippen molar-refractivity contribution in [2.24, 2.45) is 0 Å². The summed E-state index contributed by atoms with van der Waals surface area (Å²) in [5, 5.41) is 3.52. The first-order valence-electron chi connectivity index (χ1n) is 6.79. The van der Waals surface area contributed by atoms with Gasteiger partial charge in [-0.2, -0.15) is 0 Å². The van der Waals surface area contributed by atoms with Gasteiger partial charge in [0.05, 0.1) is 7.11 Å². The van der Waals surface area contributed by atoms with Crippen LogP contribution in [-0.4, -0.2) is 43.7 Å². The number of hydrogen-bond donors (Lipinski definition) is 1. The van der Waals surface area contributed by atoms with Gasteiger partial charge in [-0.15, -0.1) is 0 Å². The van der Waals surface area contributed by atoms with Gasteiger partial charge in [0, 0.05) is 31.7 Å². The number of hydrogen-bond acceptors (Lipinski definition) is 3. The molecule has 3 heteroatoms. The maximum atomic E-state index is 5.26. The molecule has 100 valence electrons. The quantitative estimate of drug-likeness (QED) is 0.881. The third kappa shape index (κ3) is 3.47. The Balaban J connectivity index is 1.89. The van der Waals surface area contributed by atoms with Crippen LogP contribution >= 0.6 is 0 Å². The standard InChI is InChI=1S/C15H24N2O/c1-12-11-17(13(2)10-16-12)8-7-14-5-4-6-15(9-14)18-3/h4-6,9,12-13,16H,7-8,10-11H2,1-3H3. The Morgan fingerprint density at radius 1 is 1.39 bits per heavy atom. The van der Waals surface area contributed by atoms with E-state index in [9.17, 15) is 0 Å². The molecule has 2 unspecified atom stereocenters. The fourth-order valence-electron chi connectivity index (χ4n) is 2.51. The first-order chi connectivity index (χ1) is 8.69. The largest absolute Gasteiger partial charge is 0.497 e. The van der Waals surface area contributed by atoms with E-state index in [1.54, 1.807) is 7.11 Å². The monoisotopic (exact) mass is 248 g/mol. The van der Waals surface area contributed by atoms with Crippen LogP contribution in [0.15, 0.2) is 24.3 Å². The number of nitrogens with zero attached hydrogens (tertiary/aromatic N) is 1. The predicted molar refractivity (Wildman–Crippen MR) is 75.2 cm³/mol. The van der Waals surface area contributed by atoms with Crippen LogP contribution in [-0.2, 0) is 6.42 Å². The highest BCUT2D eigenvalue weighted by Crippen LogP contribution is 2.14. The molecule has 1 aliphatic heterocycles. The van der Waals surface area contributed by atoms with Crippen molar-refractivity contribution >= 4 is 0 Å². The van der Waals surface area contributed by atoms with Gasteiger partial charge in [-0.25, -0.2) is 0 Å². The lowest BCUT2D eigenvalue weighted by Gasteiger charge is -2.37. The molecular formula is C15H24N2O. The summed E-state index contributed by atoms with van der Waals surface area (Å²) in [5.74, 6) is 0.953. The molecule has 0 aromatic heterocycles. The molecule has 3 nitrogen and oxygen atoms in total. The van der Waals surface area contributed by atoms with Crippen molar-refractivity contribution in [3.05, 3.63) is 29.8 Å². The zero-order valence-corrected chi connectivity index (χ0v) is 11.6. The molecule has 0 spiro atoms. The van der Waals surface area contributed by atoms with E-state index >= 15 is 0 Å². The number of rotatable bonds is 4. The Hall–Kier alpha value is -1.06. The molecule has 0 aliphatic carbocycles. The molecule has 1 fully saturated rings. The van der Waals surface area contributed by atoms with Crippen LogP contribution in [0.5, 0.6) is 5.75 Å². The molecule has 1 saturated heterocycles. The first kappa shape index (κ1) is 13.4. The van der Waals surface area contributed by atoms with E-state index in [0.29, 0.717) is 12.1 Å². The molecule has 2 rings (SSSR count). The highest BCUT2D eigenvalue weighted by atomic mass is 16.5. The van der Waals surface area contributed by atoms with Gasteiger partial charge in [0.2, 0.25) is 0 Å². The van der Waals surface area contributed by atoms with E-state index in [2.05, 4.69) is 42.3 Å². The van der Waals surface area contributed by atoms with E-state index in [4.69, 9.17) is 4.74 Å². The number of methoxy groups -OCH3 is 1. The number of benzene rings is 1. The van der Waals surface area contributed by atoms with Gasteiger partial charge >= 0.3 is 0 Å².